The van der Waals surface area contributed by atoms with Crippen molar-refractivity contribution in [2.24, 2.45) is 0 Å². The topological polar surface area (TPSA) is 83.2 Å². The average molecular weight is 261 g/mol. The third kappa shape index (κ3) is 2.83. The van der Waals surface area contributed by atoms with E-state index in [9.17, 15) is 13.0 Å². The van der Waals surface area contributed by atoms with Gasteiger partial charge < -0.3 is 10.3 Å². The summed E-state index contributed by atoms with van der Waals surface area (Å²) in [5.41, 5.74) is 6.25. The van der Waals surface area contributed by atoms with Crippen LogP contribution >= 0.6 is 0 Å². The predicted octanol–water partition coefficient (Wildman–Crippen LogP) is -1.67. The summed E-state index contributed by atoms with van der Waals surface area (Å²) in [5.74, 6) is 0. The summed E-state index contributed by atoms with van der Waals surface area (Å²) >= 11 is 0. The van der Waals surface area contributed by atoms with E-state index in [1.54, 1.807) is 18.2 Å². The first kappa shape index (κ1) is 14.1. The molecule has 2 aromatic rings. The predicted molar refractivity (Wildman–Crippen MR) is 56.3 cm³/mol. The van der Waals surface area contributed by atoms with Gasteiger partial charge in [-0.15, -0.1) is 0 Å². The first-order valence-corrected chi connectivity index (χ1v) is 5.63. The molecule has 0 amide bonds. The standard InChI is InChI=1S/C10H9NO3S.K/c11-10-3-1-2-7-6-8(15(12,13)14)4-5-9(7)10;/h1-6H,11H2,(H,12,13,14);/q;+1/p-1. The molecule has 2 N–H and O–H groups in total. The first-order valence-electron chi connectivity index (χ1n) is 4.22. The van der Waals surface area contributed by atoms with Gasteiger partial charge in [0.1, 0.15) is 10.1 Å². The molecule has 16 heavy (non-hydrogen) atoms. The smallest absolute Gasteiger partial charge is 0.744 e. The zero-order valence-corrected chi connectivity index (χ0v) is 12.6. The molecule has 4 nitrogen and oxygen atoms in total. The quantitative estimate of drug-likeness (QED) is 0.378. The number of benzene rings is 2. The second-order valence-corrected chi connectivity index (χ2v) is 4.56. The maximum absolute atomic E-state index is 10.8. The number of anilines is 1. The van der Waals surface area contributed by atoms with Crippen LogP contribution in [0.3, 0.4) is 0 Å². The molecule has 0 aromatic heterocycles. The zero-order valence-electron chi connectivity index (χ0n) is 8.67. The summed E-state index contributed by atoms with van der Waals surface area (Å²) in [6.45, 7) is 0. The van der Waals surface area contributed by atoms with Crippen LogP contribution in [-0.4, -0.2) is 13.0 Å². The molecule has 0 saturated heterocycles. The Morgan fingerprint density at radius 1 is 1.12 bits per heavy atom. The van der Waals surface area contributed by atoms with Crippen LogP contribution in [0.1, 0.15) is 0 Å². The van der Waals surface area contributed by atoms with Crippen LogP contribution in [0, 0.1) is 0 Å². The summed E-state index contributed by atoms with van der Waals surface area (Å²) in [5, 5.41) is 1.39. The molecule has 0 bridgehead atoms. The van der Waals surface area contributed by atoms with Gasteiger partial charge in [0.05, 0.1) is 4.90 Å². The summed E-state index contributed by atoms with van der Waals surface area (Å²) in [7, 11) is -4.40. The van der Waals surface area contributed by atoms with E-state index < -0.39 is 10.1 Å². The molecule has 78 valence electrons. The Morgan fingerprint density at radius 2 is 1.81 bits per heavy atom. The molecular formula is C10H8KNO3S. The second kappa shape index (κ2) is 5.13. The van der Waals surface area contributed by atoms with Crippen molar-refractivity contribution < 1.29 is 64.4 Å². The Labute approximate surface area is 136 Å². The van der Waals surface area contributed by atoms with Crippen LogP contribution in [0.15, 0.2) is 41.3 Å². The maximum atomic E-state index is 10.8. The number of rotatable bonds is 1. The minimum Gasteiger partial charge on any atom is -0.744 e. The number of fused-ring (bicyclic) bond motifs is 1. The Bertz CT molecular complexity index is 625. The van der Waals surface area contributed by atoms with Crippen LogP contribution in [0.5, 0.6) is 0 Å². The largest absolute Gasteiger partial charge is 1.00 e. The van der Waals surface area contributed by atoms with E-state index in [0.717, 1.165) is 5.39 Å². The third-order valence-electron chi connectivity index (χ3n) is 2.17. The van der Waals surface area contributed by atoms with E-state index >= 15 is 0 Å². The fourth-order valence-corrected chi connectivity index (χ4v) is 1.95. The van der Waals surface area contributed by atoms with Crippen molar-refractivity contribution in [3.05, 3.63) is 36.4 Å². The van der Waals surface area contributed by atoms with Crippen molar-refractivity contribution in [3.8, 4) is 0 Å². The SMILES string of the molecule is Nc1cccc2cc(S(=O)(=O)[O-])ccc12.[K+]. The monoisotopic (exact) mass is 261 g/mol. The summed E-state index contributed by atoms with van der Waals surface area (Å²) in [6.07, 6.45) is 0. The van der Waals surface area contributed by atoms with Crippen molar-refractivity contribution in [1.29, 1.82) is 0 Å². The Hall–Kier alpha value is 0.0464. The number of hydrogen-bond donors (Lipinski definition) is 1. The normalized spacial score (nSPS) is 11.1. The molecule has 0 fully saturated rings. The molecule has 0 aliphatic carbocycles. The fraction of sp³-hybridized carbons (Fsp3) is 0. The van der Waals surface area contributed by atoms with Crippen LogP contribution < -0.4 is 57.1 Å². The molecule has 2 aromatic carbocycles. The van der Waals surface area contributed by atoms with Crippen LogP contribution in [-0.2, 0) is 10.1 Å². The maximum Gasteiger partial charge on any atom is 1.00 e. The van der Waals surface area contributed by atoms with Crippen molar-refractivity contribution in [3.63, 3.8) is 0 Å². The molecule has 0 spiro atoms. The molecule has 2 rings (SSSR count). The molecule has 0 radical (unpaired) electrons. The Balaban J connectivity index is 0.00000128. The van der Waals surface area contributed by atoms with Gasteiger partial charge in [-0.1, -0.05) is 18.2 Å². The van der Waals surface area contributed by atoms with Gasteiger partial charge in [-0.2, -0.15) is 0 Å². The van der Waals surface area contributed by atoms with Gasteiger partial charge in [-0.05, 0) is 23.6 Å². The van der Waals surface area contributed by atoms with Crippen LogP contribution in [0.25, 0.3) is 10.8 Å². The Kier molecular flexibility index (Phi) is 4.53. The van der Waals surface area contributed by atoms with E-state index in [2.05, 4.69) is 0 Å². The molecule has 0 atom stereocenters. The van der Waals surface area contributed by atoms with Crippen molar-refractivity contribution >= 4 is 26.6 Å². The van der Waals surface area contributed by atoms with Gasteiger partial charge >= 0.3 is 51.4 Å². The van der Waals surface area contributed by atoms with Gasteiger partial charge in [0.15, 0.2) is 0 Å². The van der Waals surface area contributed by atoms with Crippen molar-refractivity contribution in [2.45, 2.75) is 4.90 Å². The van der Waals surface area contributed by atoms with E-state index in [4.69, 9.17) is 5.73 Å². The molecule has 0 aliphatic rings. The van der Waals surface area contributed by atoms with E-state index in [1.165, 1.54) is 18.2 Å². The van der Waals surface area contributed by atoms with Crippen LogP contribution in [0.2, 0.25) is 0 Å². The van der Waals surface area contributed by atoms with Gasteiger partial charge in [0.25, 0.3) is 0 Å². The first-order chi connectivity index (χ1) is 6.98. The van der Waals surface area contributed by atoms with Crippen molar-refractivity contribution in [1.82, 2.24) is 0 Å². The van der Waals surface area contributed by atoms with Gasteiger partial charge in [-0.3, -0.25) is 0 Å². The molecular weight excluding hydrogens is 253 g/mol. The summed E-state index contributed by atoms with van der Waals surface area (Å²) < 4.78 is 32.3. The Morgan fingerprint density at radius 3 is 2.44 bits per heavy atom. The molecule has 0 aliphatic heterocycles. The molecule has 0 unspecified atom stereocenters. The fourth-order valence-electron chi connectivity index (χ4n) is 1.44. The average Bonchev–Trinajstić information content (AvgIpc) is 2.16. The minimum absolute atomic E-state index is 0. The third-order valence-corrected chi connectivity index (χ3v) is 3.01. The molecule has 0 saturated carbocycles. The number of nitrogen functional groups attached to an aromatic ring is 1. The number of hydrogen-bond acceptors (Lipinski definition) is 4. The molecule has 6 heteroatoms. The van der Waals surface area contributed by atoms with Gasteiger partial charge in [0, 0.05) is 11.1 Å². The van der Waals surface area contributed by atoms with E-state index in [-0.39, 0.29) is 56.3 Å². The second-order valence-electron chi connectivity index (χ2n) is 3.18. The molecule has 0 heterocycles. The summed E-state index contributed by atoms with van der Waals surface area (Å²) in [4.78, 5) is -0.236. The van der Waals surface area contributed by atoms with Gasteiger partial charge in [0.2, 0.25) is 0 Å². The van der Waals surface area contributed by atoms with E-state index in [0.29, 0.717) is 11.1 Å². The van der Waals surface area contributed by atoms with Crippen molar-refractivity contribution in [2.75, 3.05) is 5.73 Å². The van der Waals surface area contributed by atoms with Gasteiger partial charge in [-0.25, -0.2) is 8.42 Å². The van der Waals surface area contributed by atoms with E-state index in [1.807, 2.05) is 0 Å². The van der Waals surface area contributed by atoms with Crippen LogP contribution in [0.4, 0.5) is 5.69 Å². The summed E-state index contributed by atoms with van der Waals surface area (Å²) in [6, 6.07) is 9.26. The number of nitrogens with two attached hydrogens (primary N) is 1. The minimum atomic E-state index is -4.40. The zero-order chi connectivity index (χ0) is 11.1.